The largest absolute Gasteiger partial charge is 0.391 e. The molecule has 0 spiro atoms. The summed E-state index contributed by atoms with van der Waals surface area (Å²) in [6, 6.07) is 10.2. The van der Waals surface area contributed by atoms with E-state index in [1.54, 1.807) is 11.3 Å². The molecule has 0 saturated heterocycles. The molecule has 2 aromatic rings. The molecule has 1 aromatic carbocycles. The molecule has 0 atom stereocenters. The topological polar surface area (TPSA) is 20.2 Å². The van der Waals surface area contributed by atoms with Gasteiger partial charge in [0.1, 0.15) is 0 Å². The molecule has 1 nitrogen and oxygen atoms in total. The van der Waals surface area contributed by atoms with Crippen molar-refractivity contribution in [2.75, 3.05) is 0 Å². The van der Waals surface area contributed by atoms with Gasteiger partial charge in [-0.25, -0.2) is 0 Å². The van der Waals surface area contributed by atoms with Crippen molar-refractivity contribution in [3.63, 3.8) is 0 Å². The molecule has 1 aromatic heterocycles. The smallest absolute Gasteiger partial charge is 0.0777 e. The monoisotopic (exact) mass is 333 g/mol. The van der Waals surface area contributed by atoms with Crippen LogP contribution in [0, 0.1) is 13.8 Å². The summed E-state index contributed by atoms with van der Waals surface area (Å²) in [7, 11) is 0. The Labute approximate surface area is 137 Å². The van der Waals surface area contributed by atoms with Gasteiger partial charge in [0.25, 0.3) is 0 Å². The molecule has 3 heteroatoms. The Morgan fingerprint density at radius 3 is 2.28 bits per heavy atom. The van der Waals surface area contributed by atoms with Crippen LogP contribution in [-0.2, 0) is 39.3 Å². The van der Waals surface area contributed by atoms with Gasteiger partial charge < -0.3 is 5.11 Å². The van der Waals surface area contributed by atoms with Crippen LogP contribution in [0.2, 0.25) is 0 Å². The van der Waals surface area contributed by atoms with Crippen LogP contribution in [0.1, 0.15) is 26.4 Å². The average molecular weight is 333 g/mol. The van der Waals surface area contributed by atoms with Gasteiger partial charge in [-0.05, 0) is 36.6 Å². The first-order valence-electron chi connectivity index (χ1n) is 5.65. The Balaban J connectivity index is 0.00000162. The van der Waals surface area contributed by atoms with Gasteiger partial charge in [-0.2, -0.15) is 0 Å². The Hall–Kier alpha value is -0.276. The van der Waals surface area contributed by atoms with Crippen molar-refractivity contribution in [3.8, 4) is 0 Å². The average Bonchev–Trinajstić information content (AvgIpc) is 2.65. The summed E-state index contributed by atoms with van der Waals surface area (Å²) in [5.74, 6) is 0. The molecule has 0 unspecified atom stereocenters. The van der Waals surface area contributed by atoms with Crippen LogP contribution in [0.4, 0.5) is 0 Å². The van der Waals surface area contributed by atoms with Crippen LogP contribution in [0.5, 0.6) is 0 Å². The van der Waals surface area contributed by atoms with Crippen LogP contribution >= 0.6 is 11.3 Å². The summed E-state index contributed by atoms with van der Waals surface area (Å²) in [5.41, 5.74) is 3.68. The Kier molecular flexibility index (Phi) is 6.44. The molecule has 1 radical (unpaired) electrons. The number of hydrogen-bond acceptors (Lipinski definition) is 2. The molecule has 0 fully saturated rings. The van der Waals surface area contributed by atoms with Gasteiger partial charge in [-0.15, -0.1) is 11.3 Å². The van der Waals surface area contributed by atoms with E-state index in [0.717, 1.165) is 4.88 Å². The molecule has 18 heavy (non-hydrogen) atoms. The molecular weight excluding hydrogens is 317 g/mol. The fourth-order valence-electron chi connectivity index (χ4n) is 1.73. The second kappa shape index (κ2) is 7.35. The summed E-state index contributed by atoms with van der Waals surface area (Å²) in [6.45, 7) is 4.31. The van der Waals surface area contributed by atoms with Gasteiger partial charge in [0, 0.05) is 42.5 Å². The van der Waals surface area contributed by atoms with Crippen LogP contribution in [-0.4, -0.2) is 5.11 Å². The molecule has 0 amide bonds. The minimum Gasteiger partial charge on any atom is -0.391 e. The minimum atomic E-state index is 0. The van der Waals surface area contributed by atoms with Gasteiger partial charge in [0.2, 0.25) is 0 Å². The zero-order valence-corrected chi connectivity index (χ0v) is 14.3. The van der Waals surface area contributed by atoms with E-state index in [9.17, 15) is 5.11 Å². The second-order valence-corrected chi connectivity index (χ2v) is 5.18. The maximum absolute atomic E-state index is 9.23. The van der Waals surface area contributed by atoms with Gasteiger partial charge >= 0.3 is 0 Å². The number of aliphatic hydroxyl groups is 1. The molecule has 0 aliphatic rings. The van der Waals surface area contributed by atoms with Crippen molar-refractivity contribution in [2.45, 2.75) is 20.5 Å². The maximum Gasteiger partial charge on any atom is 0.0777 e. The molecule has 91 valence electrons. The van der Waals surface area contributed by atoms with E-state index >= 15 is 0 Å². The predicted octanol–water partition coefficient (Wildman–Crippen LogP) is 4.03. The standard InChI is InChI=1S/C15H16OS.Y/c1-11-12(2)15(10-16)17-14(11)9-8-13-6-4-3-5-7-13;/h3-9,16H,10H2,1-2H3;/b9-8+;. The van der Waals surface area contributed by atoms with E-state index in [1.165, 1.54) is 21.6 Å². The van der Waals surface area contributed by atoms with E-state index in [1.807, 2.05) is 18.2 Å². The molecular formula is C15H16OSY. The Morgan fingerprint density at radius 1 is 1.06 bits per heavy atom. The Morgan fingerprint density at radius 2 is 1.72 bits per heavy atom. The number of benzene rings is 1. The van der Waals surface area contributed by atoms with E-state index < -0.39 is 0 Å². The van der Waals surface area contributed by atoms with Crippen molar-refractivity contribution in [1.82, 2.24) is 0 Å². The number of thiophene rings is 1. The fourth-order valence-corrected chi connectivity index (χ4v) is 2.80. The van der Waals surface area contributed by atoms with Crippen molar-refractivity contribution in [1.29, 1.82) is 0 Å². The van der Waals surface area contributed by atoms with E-state index in [4.69, 9.17) is 0 Å². The third-order valence-corrected chi connectivity index (χ3v) is 4.30. The number of aliphatic hydroxyl groups excluding tert-OH is 1. The maximum atomic E-state index is 9.23. The molecule has 1 N–H and O–H groups in total. The van der Waals surface area contributed by atoms with Gasteiger partial charge in [0.05, 0.1) is 6.61 Å². The Bertz CT molecular complexity index is 529. The van der Waals surface area contributed by atoms with E-state index in [-0.39, 0.29) is 39.3 Å². The van der Waals surface area contributed by atoms with Crippen molar-refractivity contribution in [2.24, 2.45) is 0 Å². The van der Waals surface area contributed by atoms with E-state index in [0.29, 0.717) is 0 Å². The van der Waals surface area contributed by atoms with Crippen molar-refractivity contribution < 1.29 is 37.8 Å². The normalized spacial score (nSPS) is 10.6. The van der Waals surface area contributed by atoms with Crippen molar-refractivity contribution >= 4 is 23.5 Å². The first-order valence-corrected chi connectivity index (χ1v) is 6.47. The number of hydrogen-bond donors (Lipinski definition) is 1. The molecule has 0 aliphatic carbocycles. The molecule has 0 aliphatic heterocycles. The quantitative estimate of drug-likeness (QED) is 0.899. The van der Waals surface area contributed by atoms with E-state index in [2.05, 4.69) is 38.1 Å². The van der Waals surface area contributed by atoms with Crippen molar-refractivity contribution in [3.05, 3.63) is 56.8 Å². The third kappa shape index (κ3) is 3.61. The number of rotatable bonds is 3. The SMILES string of the molecule is Cc1c(/C=C/c2ccccc2)sc(CO)c1C.[Y]. The van der Waals surface area contributed by atoms with Crippen LogP contribution in [0.15, 0.2) is 30.3 Å². The van der Waals surface area contributed by atoms with Crippen LogP contribution in [0.25, 0.3) is 12.2 Å². The van der Waals surface area contributed by atoms with Crippen LogP contribution < -0.4 is 0 Å². The third-order valence-electron chi connectivity index (χ3n) is 2.95. The van der Waals surface area contributed by atoms with Gasteiger partial charge in [-0.3, -0.25) is 0 Å². The fraction of sp³-hybridized carbons (Fsp3) is 0.200. The summed E-state index contributed by atoms with van der Waals surface area (Å²) < 4.78 is 0. The van der Waals surface area contributed by atoms with Crippen LogP contribution in [0.3, 0.4) is 0 Å². The molecule has 0 saturated carbocycles. The van der Waals surface area contributed by atoms with Gasteiger partial charge in [-0.1, -0.05) is 36.4 Å². The molecule has 0 bridgehead atoms. The first-order chi connectivity index (χ1) is 8.22. The zero-order valence-electron chi connectivity index (χ0n) is 10.7. The zero-order chi connectivity index (χ0) is 12.3. The minimum absolute atomic E-state index is 0. The summed E-state index contributed by atoms with van der Waals surface area (Å²) in [5, 5.41) is 9.23. The van der Waals surface area contributed by atoms with Gasteiger partial charge in [0.15, 0.2) is 0 Å². The summed E-state index contributed by atoms with van der Waals surface area (Å²) in [4.78, 5) is 2.30. The second-order valence-electron chi connectivity index (χ2n) is 4.04. The summed E-state index contributed by atoms with van der Waals surface area (Å²) >= 11 is 1.67. The first kappa shape index (κ1) is 15.8. The predicted molar refractivity (Wildman–Crippen MR) is 75.1 cm³/mol. The molecule has 2 rings (SSSR count). The summed E-state index contributed by atoms with van der Waals surface area (Å²) in [6.07, 6.45) is 4.24. The molecule has 1 heterocycles.